The standard InChI is InChI=1S/C55H39N/c1-55(2)52-17-8-7-14-49(52)51-35-45(31-33-53(51)55)56(43-27-22-37(23-28-43)42-21-18-36-10-3-4-12-41(36)34-42)44-29-24-39(25-30-44)46-15-9-16-50-48(46)32-26-40-20-19-38-11-5-6-13-47(38)54(40)50/h3-35H,1-2H3. The second kappa shape index (κ2) is 12.5. The summed E-state index contributed by atoms with van der Waals surface area (Å²) in [4.78, 5) is 2.41. The molecule has 0 fully saturated rings. The van der Waals surface area contributed by atoms with Crippen molar-refractivity contribution in [3.8, 4) is 33.4 Å². The third-order valence-corrected chi connectivity index (χ3v) is 12.2. The van der Waals surface area contributed by atoms with Crippen LogP contribution in [0, 0.1) is 0 Å². The highest BCUT2D eigenvalue weighted by Crippen LogP contribution is 2.51. The monoisotopic (exact) mass is 713 g/mol. The molecule has 10 aromatic carbocycles. The first kappa shape index (κ1) is 32.5. The molecule has 0 spiro atoms. The van der Waals surface area contributed by atoms with Crippen molar-refractivity contribution in [2.45, 2.75) is 19.3 Å². The largest absolute Gasteiger partial charge is 0.310 e. The van der Waals surface area contributed by atoms with Gasteiger partial charge in [-0.15, -0.1) is 0 Å². The fourth-order valence-corrected chi connectivity index (χ4v) is 9.37. The van der Waals surface area contributed by atoms with Gasteiger partial charge < -0.3 is 4.90 Å². The van der Waals surface area contributed by atoms with Crippen molar-refractivity contribution >= 4 is 60.2 Å². The Balaban J connectivity index is 1.03. The minimum absolute atomic E-state index is 0.0471. The van der Waals surface area contributed by atoms with Crippen LogP contribution in [0.3, 0.4) is 0 Å². The quantitative estimate of drug-likeness (QED) is 0.161. The molecule has 1 nitrogen and oxygen atoms in total. The molecule has 0 radical (unpaired) electrons. The van der Waals surface area contributed by atoms with Gasteiger partial charge in [-0.05, 0) is 130 Å². The van der Waals surface area contributed by atoms with Crippen molar-refractivity contribution in [2.75, 3.05) is 4.90 Å². The molecular weight excluding hydrogens is 675 g/mol. The van der Waals surface area contributed by atoms with Gasteiger partial charge in [-0.3, -0.25) is 0 Å². The molecular formula is C55H39N. The molecule has 0 saturated heterocycles. The van der Waals surface area contributed by atoms with Crippen LogP contribution in [0.25, 0.3) is 76.5 Å². The predicted octanol–water partition coefficient (Wildman–Crippen LogP) is 15.4. The van der Waals surface area contributed by atoms with Crippen LogP contribution in [0.15, 0.2) is 200 Å². The summed E-state index contributed by atoms with van der Waals surface area (Å²) in [5, 5.41) is 10.2. The van der Waals surface area contributed by atoms with E-state index in [9.17, 15) is 0 Å². The van der Waals surface area contributed by atoms with Crippen molar-refractivity contribution in [2.24, 2.45) is 0 Å². The van der Waals surface area contributed by atoms with E-state index < -0.39 is 0 Å². The van der Waals surface area contributed by atoms with E-state index >= 15 is 0 Å². The number of fused-ring (bicyclic) bond motifs is 9. The van der Waals surface area contributed by atoms with Crippen LogP contribution in [0.2, 0.25) is 0 Å². The molecule has 1 aliphatic carbocycles. The van der Waals surface area contributed by atoms with Gasteiger partial charge in [0.25, 0.3) is 0 Å². The number of anilines is 3. The van der Waals surface area contributed by atoms with Gasteiger partial charge in [0.15, 0.2) is 0 Å². The van der Waals surface area contributed by atoms with Gasteiger partial charge in [0.1, 0.15) is 0 Å². The second-order valence-corrected chi connectivity index (χ2v) is 15.7. The van der Waals surface area contributed by atoms with E-state index in [1.807, 2.05) is 0 Å². The van der Waals surface area contributed by atoms with Crippen LogP contribution in [-0.2, 0) is 5.41 Å². The lowest BCUT2D eigenvalue weighted by Gasteiger charge is -2.27. The summed E-state index contributed by atoms with van der Waals surface area (Å²) in [5.41, 5.74) is 13.6. The number of hydrogen-bond donors (Lipinski definition) is 0. The summed E-state index contributed by atoms with van der Waals surface area (Å²) in [6, 6.07) is 74.0. The van der Waals surface area contributed by atoms with Crippen LogP contribution >= 0.6 is 0 Å². The first-order valence-corrected chi connectivity index (χ1v) is 19.6. The molecule has 11 rings (SSSR count). The summed E-state index contributed by atoms with van der Waals surface area (Å²) >= 11 is 0. The number of benzene rings is 10. The van der Waals surface area contributed by atoms with Crippen molar-refractivity contribution in [3.63, 3.8) is 0 Å². The third-order valence-electron chi connectivity index (χ3n) is 12.2. The molecule has 0 N–H and O–H groups in total. The average molecular weight is 714 g/mol. The van der Waals surface area contributed by atoms with E-state index in [1.54, 1.807) is 0 Å². The summed E-state index contributed by atoms with van der Waals surface area (Å²) in [6.07, 6.45) is 0. The molecule has 0 saturated carbocycles. The van der Waals surface area contributed by atoms with Crippen LogP contribution < -0.4 is 4.90 Å². The second-order valence-electron chi connectivity index (χ2n) is 15.7. The minimum Gasteiger partial charge on any atom is -0.310 e. The summed E-state index contributed by atoms with van der Waals surface area (Å²) in [6.45, 7) is 4.69. The Hall–Kier alpha value is -6.96. The zero-order valence-electron chi connectivity index (χ0n) is 31.5. The van der Waals surface area contributed by atoms with Crippen LogP contribution in [0.1, 0.15) is 25.0 Å². The predicted molar refractivity (Wildman–Crippen MR) is 240 cm³/mol. The van der Waals surface area contributed by atoms with Crippen molar-refractivity contribution < 1.29 is 0 Å². The Morgan fingerprint density at radius 1 is 0.321 bits per heavy atom. The van der Waals surface area contributed by atoms with E-state index in [-0.39, 0.29) is 5.41 Å². The molecule has 1 aliphatic rings. The Bertz CT molecular complexity index is 3150. The maximum atomic E-state index is 2.41. The first-order valence-electron chi connectivity index (χ1n) is 19.6. The zero-order valence-corrected chi connectivity index (χ0v) is 31.5. The Morgan fingerprint density at radius 2 is 0.893 bits per heavy atom. The minimum atomic E-state index is -0.0471. The molecule has 1 heteroatoms. The Labute approximate surface area is 327 Å². The highest BCUT2D eigenvalue weighted by atomic mass is 15.1. The fraction of sp³-hybridized carbons (Fsp3) is 0.0545. The van der Waals surface area contributed by atoms with E-state index in [2.05, 4.69) is 219 Å². The average Bonchev–Trinajstić information content (AvgIpc) is 3.49. The van der Waals surface area contributed by atoms with Gasteiger partial charge in [0.05, 0.1) is 0 Å². The molecule has 0 amide bonds. The van der Waals surface area contributed by atoms with Crippen LogP contribution in [0.5, 0.6) is 0 Å². The molecule has 0 aromatic heterocycles. The van der Waals surface area contributed by atoms with Gasteiger partial charge in [0, 0.05) is 22.5 Å². The third kappa shape index (κ3) is 5.08. The number of rotatable bonds is 5. The zero-order chi connectivity index (χ0) is 37.4. The van der Waals surface area contributed by atoms with Crippen LogP contribution in [0.4, 0.5) is 17.1 Å². The Kier molecular flexibility index (Phi) is 7.28. The summed E-state index contributed by atoms with van der Waals surface area (Å²) < 4.78 is 0. The fourth-order valence-electron chi connectivity index (χ4n) is 9.37. The topological polar surface area (TPSA) is 3.24 Å². The van der Waals surface area contributed by atoms with E-state index in [1.165, 1.54) is 87.6 Å². The SMILES string of the molecule is CC1(C)c2ccccc2-c2cc(N(c3ccc(-c4ccc5ccccc5c4)cc3)c3ccc(-c4cccc5c4ccc4ccc6ccccc6c45)cc3)ccc21. The maximum absolute atomic E-state index is 2.41. The molecule has 0 unspecified atom stereocenters. The molecule has 0 bridgehead atoms. The van der Waals surface area contributed by atoms with E-state index in [4.69, 9.17) is 0 Å². The summed E-state index contributed by atoms with van der Waals surface area (Å²) in [7, 11) is 0. The van der Waals surface area contributed by atoms with Crippen molar-refractivity contribution in [1.82, 2.24) is 0 Å². The smallest absolute Gasteiger partial charge is 0.0468 e. The van der Waals surface area contributed by atoms with Gasteiger partial charge in [-0.25, -0.2) is 0 Å². The molecule has 56 heavy (non-hydrogen) atoms. The molecule has 264 valence electrons. The number of nitrogens with zero attached hydrogens (tertiary/aromatic N) is 1. The van der Waals surface area contributed by atoms with Crippen molar-refractivity contribution in [3.05, 3.63) is 211 Å². The van der Waals surface area contributed by atoms with Gasteiger partial charge in [-0.2, -0.15) is 0 Å². The lowest BCUT2D eigenvalue weighted by Crippen LogP contribution is -2.15. The van der Waals surface area contributed by atoms with Crippen molar-refractivity contribution in [1.29, 1.82) is 0 Å². The van der Waals surface area contributed by atoms with Gasteiger partial charge in [0.2, 0.25) is 0 Å². The lowest BCUT2D eigenvalue weighted by molar-refractivity contribution is 0.660. The maximum Gasteiger partial charge on any atom is 0.0468 e. The van der Waals surface area contributed by atoms with Crippen LogP contribution in [-0.4, -0.2) is 0 Å². The molecule has 0 aliphatic heterocycles. The first-order chi connectivity index (χ1) is 27.5. The lowest BCUT2D eigenvalue weighted by atomic mass is 9.82. The molecule has 0 heterocycles. The number of hydrogen-bond acceptors (Lipinski definition) is 1. The highest BCUT2D eigenvalue weighted by Gasteiger charge is 2.35. The van der Waals surface area contributed by atoms with Gasteiger partial charge in [-0.1, -0.05) is 172 Å². The summed E-state index contributed by atoms with van der Waals surface area (Å²) in [5.74, 6) is 0. The molecule has 10 aromatic rings. The van der Waals surface area contributed by atoms with E-state index in [0.717, 1.165) is 17.1 Å². The molecule has 0 atom stereocenters. The highest BCUT2D eigenvalue weighted by molar-refractivity contribution is 6.22. The Morgan fingerprint density at radius 3 is 1.71 bits per heavy atom. The normalized spacial score (nSPS) is 13.0. The van der Waals surface area contributed by atoms with Gasteiger partial charge >= 0.3 is 0 Å². The van der Waals surface area contributed by atoms with E-state index in [0.29, 0.717) is 0 Å².